The maximum absolute atomic E-state index is 12.9. The minimum atomic E-state index is -3.43. The average molecular weight is 319 g/mol. The molecule has 23 heavy (non-hydrogen) atoms. The van der Waals surface area contributed by atoms with E-state index in [-0.39, 0.29) is 12.2 Å². The normalized spacial score (nSPS) is 10.9. The monoisotopic (exact) mass is 319 g/mol. The van der Waals surface area contributed by atoms with Crippen LogP contribution >= 0.6 is 0 Å². The van der Waals surface area contributed by atoms with E-state index in [1.54, 1.807) is 0 Å². The molecule has 4 nitrogen and oxygen atoms in total. The molecule has 1 N–H and O–H groups in total. The molecule has 2 aromatic rings. The SMILES string of the molecule is CC(F)(F)C(=O)c1ccc(NC(=O)OCc2ccccc2)cc1. The van der Waals surface area contributed by atoms with Crippen LogP contribution in [-0.2, 0) is 11.3 Å². The number of anilines is 1. The maximum atomic E-state index is 12.9. The predicted octanol–water partition coefficient (Wildman–Crippen LogP) is 4.27. The number of Topliss-reactive ketones (excluding diaryl/α,β-unsaturated/α-hetero) is 1. The van der Waals surface area contributed by atoms with E-state index in [0.29, 0.717) is 12.6 Å². The first-order chi connectivity index (χ1) is 10.9. The van der Waals surface area contributed by atoms with Crippen LogP contribution in [0, 0.1) is 0 Å². The third-order valence-electron chi connectivity index (χ3n) is 3.00. The first-order valence-electron chi connectivity index (χ1n) is 6.86. The van der Waals surface area contributed by atoms with Crippen LogP contribution in [0.25, 0.3) is 0 Å². The van der Waals surface area contributed by atoms with E-state index in [9.17, 15) is 18.4 Å². The summed E-state index contributed by atoms with van der Waals surface area (Å²) in [5.41, 5.74) is 1.06. The third kappa shape index (κ3) is 4.88. The number of hydrogen-bond acceptors (Lipinski definition) is 3. The summed E-state index contributed by atoms with van der Waals surface area (Å²) < 4.78 is 30.9. The van der Waals surface area contributed by atoms with E-state index >= 15 is 0 Å². The Morgan fingerprint density at radius 3 is 2.22 bits per heavy atom. The molecule has 0 fully saturated rings. The lowest BCUT2D eigenvalue weighted by molar-refractivity contribution is 0.0221. The summed E-state index contributed by atoms with van der Waals surface area (Å²) in [6.07, 6.45) is -0.672. The molecule has 0 spiro atoms. The molecule has 6 heteroatoms. The molecule has 120 valence electrons. The van der Waals surface area contributed by atoms with Gasteiger partial charge in [-0.2, -0.15) is 8.78 Å². The van der Waals surface area contributed by atoms with Gasteiger partial charge in [0.15, 0.2) is 0 Å². The molecule has 0 saturated carbocycles. The van der Waals surface area contributed by atoms with Gasteiger partial charge in [0, 0.05) is 18.2 Å². The molecule has 0 saturated heterocycles. The van der Waals surface area contributed by atoms with E-state index in [0.717, 1.165) is 5.56 Å². The van der Waals surface area contributed by atoms with Crippen LogP contribution in [0.1, 0.15) is 22.8 Å². The quantitative estimate of drug-likeness (QED) is 0.837. The fourth-order valence-electron chi connectivity index (χ4n) is 1.84. The lowest BCUT2D eigenvalue weighted by Gasteiger charge is -2.10. The Balaban J connectivity index is 1.90. The minimum Gasteiger partial charge on any atom is -0.444 e. The summed E-state index contributed by atoms with van der Waals surface area (Å²) in [6, 6.07) is 14.3. The molecular weight excluding hydrogens is 304 g/mol. The van der Waals surface area contributed by atoms with Crippen molar-refractivity contribution < 1.29 is 23.1 Å². The zero-order chi connectivity index (χ0) is 16.9. The van der Waals surface area contributed by atoms with Crippen molar-refractivity contribution in [3.63, 3.8) is 0 Å². The summed E-state index contributed by atoms with van der Waals surface area (Å²) in [5.74, 6) is -4.69. The smallest absolute Gasteiger partial charge is 0.411 e. The molecular formula is C17H15F2NO3. The highest BCUT2D eigenvalue weighted by molar-refractivity contribution is 6.01. The molecule has 0 atom stereocenters. The summed E-state index contributed by atoms with van der Waals surface area (Å²) in [6.45, 7) is 0.660. The highest BCUT2D eigenvalue weighted by Gasteiger charge is 2.32. The van der Waals surface area contributed by atoms with Gasteiger partial charge in [0.1, 0.15) is 6.61 Å². The van der Waals surface area contributed by atoms with Gasteiger partial charge >= 0.3 is 12.0 Å². The van der Waals surface area contributed by atoms with Crippen molar-refractivity contribution in [2.24, 2.45) is 0 Å². The van der Waals surface area contributed by atoms with Crippen molar-refractivity contribution in [2.75, 3.05) is 5.32 Å². The summed E-state index contributed by atoms with van der Waals surface area (Å²) in [4.78, 5) is 23.0. The number of carbonyl (C=O) groups excluding carboxylic acids is 2. The largest absolute Gasteiger partial charge is 0.444 e. The van der Waals surface area contributed by atoms with Gasteiger partial charge in [-0.25, -0.2) is 4.79 Å². The summed E-state index contributed by atoms with van der Waals surface area (Å²) in [7, 11) is 0. The highest BCUT2D eigenvalue weighted by atomic mass is 19.3. The molecule has 0 aliphatic rings. The van der Waals surface area contributed by atoms with E-state index in [1.165, 1.54) is 24.3 Å². The molecule has 0 aromatic heterocycles. The van der Waals surface area contributed by atoms with E-state index in [4.69, 9.17) is 4.74 Å². The molecule has 0 aliphatic carbocycles. The van der Waals surface area contributed by atoms with E-state index in [1.807, 2.05) is 30.3 Å². The molecule has 0 aliphatic heterocycles. The van der Waals surface area contributed by atoms with Gasteiger partial charge in [-0.1, -0.05) is 30.3 Å². The van der Waals surface area contributed by atoms with Crippen molar-refractivity contribution in [1.29, 1.82) is 0 Å². The third-order valence-corrected chi connectivity index (χ3v) is 3.00. The van der Waals surface area contributed by atoms with Crippen LogP contribution in [-0.4, -0.2) is 17.8 Å². The fraction of sp³-hybridized carbons (Fsp3) is 0.176. The Morgan fingerprint density at radius 1 is 1.04 bits per heavy atom. The number of benzene rings is 2. The van der Waals surface area contributed by atoms with Crippen LogP contribution < -0.4 is 5.32 Å². The van der Waals surface area contributed by atoms with Gasteiger partial charge in [-0.3, -0.25) is 10.1 Å². The first-order valence-corrected chi connectivity index (χ1v) is 6.86. The van der Waals surface area contributed by atoms with Crippen molar-refractivity contribution in [3.8, 4) is 0 Å². The molecule has 0 bridgehead atoms. The maximum Gasteiger partial charge on any atom is 0.411 e. The lowest BCUT2D eigenvalue weighted by atomic mass is 10.1. The van der Waals surface area contributed by atoms with Crippen molar-refractivity contribution in [3.05, 3.63) is 65.7 Å². The Morgan fingerprint density at radius 2 is 1.65 bits per heavy atom. The lowest BCUT2D eigenvalue weighted by Crippen LogP contribution is -2.24. The number of rotatable bonds is 5. The van der Waals surface area contributed by atoms with Gasteiger partial charge in [-0.05, 0) is 29.8 Å². The fourth-order valence-corrected chi connectivity index (χ4v) is 1.84. The number of carbonyl (C=O) groups is 2. The highest BCUT2D eigenvalue weighted by Crippen LogP contribution is 2.20. The van der Waals surface area contributed by atoms with Crippen LogP contribution in [0.2, 0.25) is 0 Å². The first kappa shape index (κ1) is 16.6. The van der Waals surface area contributed by atoms with Gasteiger partial charge in [0.2, 0.25) is 5.78 Å². The van der Waals surface area contributed by atoms with Gasteiger partial charge in [0.05, 0.1) is 0 Å². The van der Waals surface area contributed by atoms with Gasteiger partial charge in [-0.15, -0.1) is 0 Å². The Hall–Kier alpha value is -2.76. The summed E-state index contributed by atoms with van der Waals surface area (Å²) in [5, 5.41) is 2.46. The second-order valence-corrected chi connectivity index (χ2v) is 4.98. The van der Waals surface area contributed by atoms with Crippen molar-refractivity contribution in [1.82, 2.24) is 0 Å². The van der Waals surface area contributed by atoms with Gasteiger partial charge in [0.25, 0.3) is 0 Å². The molecule has 1 amide bonds. The predicted molar refractivity (Wildman–Crippen MR) is 81.6 cm³/mol. The van der Waals surface area contributed by atoms with Gasteiger partial charge < -0.3 is 4.74 Å². The van der Waals surface area contributed by atoms with Crippen LogP contribution in [0.3, 0.4) is 0 Å². The standard InChI is InChI=1S/C17H15F2NO3/c1-17(18,19)15(21)13-7-9-14(10-8-13)20-16(22)23-11-12-5-3-2-4-6-12/h2-10H,11H2,1H3,(H,20,22). The molecule has 0 radical (unpaired) electrons. The number of alkyl halides is 2. The van der Waals surface area contributed by atoms with Crippen LogP contribution in [0.15, 0.2) is 54.6 Å². The number of amides is 1. The molecule has 0 unspecified atom stereocenters. The second-order valence-electron chi connectivity index (χ2n) is 4.98. The van der Waals surface area contributed by atoms with E-state index < -0.39 is 17.8 Å². The van der Waals surface area contributed by atoms with Crippen molar-refractivity contribution >= 4 is 17.6 Å². The van der Waals surface area contributed by atoms with Crippen LogP contribution in [0.4, 0.5) is 19.3 Å². The summed E-state index contributed by atoms with van der Waals surface area (Å²) >= 11 is 0. The Kier molecular flexibility index (Phi) is 5.05. The second kappa shape index (κ2) is 7.00. The molecule has 2 aromatic carbocycles. The molecule has 0 heterocycles. The number of hydrogen-bond donors (Lipinski definition) is 1. The number of nitrogens with one attached hydrogen (secondary N) is 1. The number of ketones is 1. The van der Waals surface area contributed by atoms with Crippen LogP contribution in [0.5, 0.6) is 0 Å². The number of halogens is 2. The number of ether oxygens (including phenoxy) is 1. The topological polar surface area (TPSA) is 55.4 Å². The van der Waals surface area contributed by atoms with E-state index in [2.05, 4.69) is 5.32 Å². The Bertz CT molecular complexity index is 679. The minimum absolute atomic E-state index is 0.116. The Labute approximate surface area is 132 Å². The zero-order valence-electron chi connectivity index (χ0n) is 12.4. The van der Waals surface area contributed by atoms with Crippen molar-refractivity contribution in [2.45, 2.75) is 19.5 Å². The molecule has 2 rings (SSSR count). The zero-order valence-corrected chi connectivity index (χ0v) is 12.4. The average Bonchev–Trinajstić information content (AvgIpc) is 2.53.